The van der Waals surface area contributed by atoms with Crippen LogP contribution >= 0.6 is 0 Å². The molecule has 0 aliphatic carbocycles. The maximum absolute atomic E-state index is 11.3. The molecular formula is C14H10FeN2O2. The fourth-order valence-corrected chi connectivity index (χ4v) is 1.73. The van der Waals surface area contributed by atoms with Crippen LogP contribution in [0.4, 0.5) is 0 Å². The zero-order valence-electron chi connectivity index (χ0n) is 10.1. The number of hydrogen-bond acceptors (Lipinski definition) is 4. The minimum Gasteiger partial charge on any atom is -0.435 e. The predicted molar refractivity (Wildman–Crippen MR) is 67.2 cm³/mol. The van der Waals surface area contributed by atoms with Gasteiger partial charge >= 0.3 is 0 Å². The Labute approximate surface area is 120 Å². The Kier molecular flexibility index (Phi) is 3.79. The number of carbonyl (C=O) groups excluding carboxylic acids is 1. The largest absolute Gasteiger partial charge is 0.435 e. The molecule has 96 valence electrons. The normalized spacial score (nSPS) is 10.2. The molecule has 5 heteroatoms. The first-order valence-electron chi connectivity index (χ1n) is 5.58. The van der Waals surface area contributed by atoms with Gasteiger partial charge in [0.15, 0.2) is 11.4 Å². The number of benzene rings is 1. The number of carbonyl (C=O) groups is 1. The average Bonchev–Trinajstić information content (AvgIpc) is 2.82. The van der Waals surface area contributed by atoms with E-state index in [1.165, 1.54) is 6.92 Å². The summed E-state index contributed by atoms with van der Waals surface area (Å²) in [5, 5.41) is 0. The van der Waals surface area contributed by atoms with Crippen molar-refractivity contribution in [3.63, 3.8) is 0 Å². The summed E-state index contributed by atoms with van der Waals surface area (Å²) in [6.45, 7) is 1.48. The van der Waals surface area contributed by atoms with Gasteiger partial charge in [-0.15, -0.1) is 0 Å². The van der Waals surface area contributed by atoms with E-state index in [9.17, 15) is 4.79 Å². The van der Waals surface area contributed by atoms with Crippen LogP contribution in [0.2, 0.25) is 0 Å². The van der Waals surface area contributed by atoms with E-state index >= 15 is 0 Å². The van der Waals surface area contributed by atoms with E-state index < -0.39 is 0 Å². The van der Waals surface area contributed by atoms with Crippen LogP contribution in [0.1, 0.15) is 17.4 Å². The third kappa shape index (κ3) is 2.57. The van der Waals surface area contributed by atoms with Crippen LogP contribution in [0.3, 0.4) is 0 Å². The Morgan fingerprint density at radius 3 is 2.58 bits per heavy atom. The molecule has 1 aromatic carbocycles. The van der Waals surface area contributed by atoms with Gasteiger partial charge in [0.2, 0.25) is 5.89 Å². The summed E-state index contributed by atoms with van der Waals surface area (Å²) in [5.41, 5.74) is 2.47. The van der Waals surface area contributed by atoms with Crippen LogP contribution in [-0.4, -0.2) is 15.8 Å². The van der Waals surface area contributed by atoms with Crippen LogP contribution in [0, 0.1) is 0 Å². The van der Waals surface area contributed by atoms with Gasteiger partial charge in [-0.1, -0.05) is 18.2 Å². The number of pyridine rings is 1. The number of fused-ring (bicyclic) bond motifs is 1. The maximum Gasteiger partial charge on any atom is 0.246 e. The first kappa shape index (κ1) is 13.5. The van der Waals surface area contributed by atoms with Crippen molar-refractivity contribution in [1.82, 2.24) is 9.97 Å². The molecule has 19 heavy (non-hydrogen) atoms. The monoisotopic (exact) mass is 294 g/mol. The van der Waals surface area contributed by atoms with Crippen molar-refractivity contribution in [3.05, 3.63) is 48.2 Å². The second kappa shape index (κ2) is 5.34. The van der Waals surface area contributed by atoms with Gasteiger partial charge in [0.25, 0.3) is 0 Å². The van der Waals surface area contributed by atoms with Gasteiger partial charge in [-0.2, -0.15) is 0 Å². The molecule has 2 heterocycles. The summed E-state index contributed by atoms with van der Waals surface area (Å²) in [6, 6.07) is 12.7. The molecule has 0 radical (unpaired) electrons. The molecule has 3 rings (SSSR count). The van der Waals surface area contributed by atoms with E-state index in [0.717, 1.165) is 5.52 Å². The number of ketones is 1. The standard InChI is InChI=1S/C14H10N2O2.Fe/c1-9(17)10-6-4-7-12(15-10)14-16-11-5-2-3-8-13(11)18-14;/h2-8H,1H3;. The van der Waals surface area contributed by atoms with E-state index in [1.807, 2.05) is 24.3 Å². The molecule has 0 fully saturated rings. The SMILES string of the molecule is CC(=O)c1cccc(-c2nc3ccccc3o2)n1.[Fe]. The Morgan fingerprint density at radius 2 is 1.84 bits per heavy atom. The summed E-state index contributed by atoms with van der Waals surface area (Å²) < 4.78 is 5.60. The van der Waals surface area contributed by atoms with Gasteiger partial charge in [0, 0.05) is 24.0 Å². The number of oxazole rings is 1. The van der Waals surface area contributed by atoms with E-state index in [4.69, 9.17) is 4.42 Å². The van der Waals surface area contributed by atoms with Crippen LogP contribution in [0.15, 0.2) is 46.9 Å². The van der Waals surface area contributed by atoms with Gasteiger partial charge < -0.3 is 4.42 Å². The second-order valence-electron chi connectivity index (χ2n) is 3.95. The van der Waals surface area contributed by atoms with E-state index in [-0.39, 0.29) is 22.9 Å². The molecule has 3 aromatic rings. The molecular weight excluding hydrogens is 284 g/mol. The smallest absolute Gasteiger partial charge is 0.246 e. The van der Waals surface area contributed by atoms with Gasteiger partial charge in [-0.05, 0) is 24.3 Å². The van der Waals surface area contributed by atoms with Crippen molar-refractivity contribution < 1.29 is 26.3 Å². The molecule has 0 saturated carbocycles. The fourth-order valence-electron chi connectivity index (χ4n) is 1.73. The van der Waals surface area contributed by atoms with Gasteiger partial charge in [-0.25, -0.2) is 9.97 Å². The van der Waals surface area contributed by atoms with E-state index in [1.54, 1.807) is 18.2 Å². The summed E-state index contributed by atoms with van der Waals surface area (Å²) in [7, 11) is 0. The Hall–Kier alpha value is -1.97. The molecule has 0 saturated heterocycles. The molecule has 0 N–H and O–H groups in total. The number of Topliss-reactive ketones (excluding diaryl/α,β-unsaturated/α-hetero) is 1. The molecule has 0 unspecified atom stereocenters. The topological polar surface area (TPSA) is 56.0 Å². The summed E-state index contributed by atoms with van der Waals surface area (Å²) in [4.78, 5) is 19.9. The van der Waals surface area contributed by atoms with Crippen LogP contribution in [-0.2, 0) is 17.1 Å². The van der Waals surface area contributed by atoms with Crippen molar-refractivity contribution in [1.29, 1.82) is 0 Å². The van der Waals surface area contributed by atoms with Crippen LogP contribution in [0.25, 0.3) is 22.7 Å². The third-order valence-corrected chi connectivity index (χ3v) is 2.62. The number of para-hydroxylation sites is 2. The Bertz CT molecular complexity index is 704. The maximum atomic E-state index is 11.3. The zero-order valence-corrected chi connectivity index (χ0v) is 11.2. The Morgan fingerprint density at radius 1 is 1.05 bits per heavy atom. The van der Waals surface area contributed by atoms with Gasteiger partial charge in [-0.3, -0.25) is 4.79 Å². The average molecular weight is 294 g/mol. The number of rotatable bonds is 2. The molecule has 4 nitrogen and oxygen atoms in total. The minimum absolute atomic E-state index is 0. The quantitative estimate of drug-likeness (QED) is 0.538. The van der Waals surface area contributed by atoms with E-state index in [0.29, 0.717) is 22.9 Å². The third-order valence-electron chi connectivity index (χ3n) is 2.62. The zero-order chi connectivity index (χ0) is 12.5. The molecule has 0 aliphatic heterocycles. The predicted octanol–water partition coefficient (Wildman–Crippen LogP) is 3.09. The second-order valence-corrected chi connectivity index (χ2v) is 3.95. The molecule has 0 aliphatic rings. The van der Waals surface area contributed by atoms with Crippen LogP contribution < -0.4 is 0 Å². The molecule has 0 bridgehead atoms. The first-order valence-corrected chi connectivity index (χ1v) is 5.58. The van der Waals surface area contributed by atoms with Crippen molar-refractivity contribution >= 4 is 16.9 Å². The van der Waals surface area contributed by atoms with Crippen molar-refractivity contribution in [2.75, 3.05) is 0 Å². The fraction of sp³-hybridized carbons (Fsp3) is 0.0714. The number of nitrogens with zero attached hydrogens (tertiary/aromatic N) is 2. The molecule has 0 amide bonds. The van der Waals surface area contributed by atoms with E-state index in [2.05, 4.69) is 9.97 Å². The summed E-state index contributed by atoms with van der Waals surface area (Å²) in [6.07, 6.45) is 0. The van der Waals surface area contributed by atoms with Gasteiger partial charge in [0.1, 0.15) is 16.9 Å². The first-order chi connectivity index (χ1) is 8.74. The Balaban J connectivity index is 0.00000133. The molecule has 0 atom stereocenters. The summed E-state index contributed by atoms with van der Waals surface area (Å²) in [5.74, 6) is 0.354. The van der Waals surface area contributed by atoms with Crippen molar-refractivity contribution in [2.45, 2.75) is 6.92 Å². The van der Waals surface area contributed by atoms with Gasteiger partial charge in [0.05, 0.1) is 0 Å². The summed E-state index contributed by atoms with van der Waals surface area (Å²) >= 11 is 0. The van der Waals surface area contributed by atoms with Crippen molar-refractivity contribution in [2.24, 2.45) is 0 Å². The van der Waals surface area contributed by atoms with Crippen LogP contribution in [0.5, 0.6) is 0 Å². The molecule has 0 spiro atoms. The minimum atomic E-state index is -0.0760. The number of aromatic nitrogens is 2. The number of hydrogen-bond donors (Lipinski definition) is 0. The molecule has 2 aromatic heterocycles. The van der Waals surface area contributed by atoms with Crippen molar-refractivity contribution in [3.8, 4) is 11.6 Å².